The molecule has 3 aromatic rings. The van der Waals surface area contributed by atoms with Crippen LogP contribution in [0.4, 0.5) is 0 Å². The maximum Gasteiger partial charge on any atom is 0.243 e. The van der Waals surface area contributed by atoms with Crippen molar-refractivity contribution in [3.63, 3.8) is 0 Å². The molecule has 0 unspecified atom stereocenters. The molecule has 1 saturated heterocycles. The normalized spacial score (nSPS) is 15.2. The van der Waals surface area contributed by atoms with E-state index in [2.05, 4.69) is 4.98 Å². The third-order valence-corrected chi connectivity index (χ3v) is 7.75. The first-order chi connectivity index (χ1) is 14.6. The maximum absolute atomic E-state index is 12.9. The van der Waals surface area contributed by atoms with Gasteiger partial charge in [-0.25, -0.2) is 13.4 Å². The number of benzene rings is 2. The van der Waals surface area contributed by atoms with E-state index in [0.717, 1.165) is 22.2 Å². The summed E-state index contributed by atoms with van der Waals surface area (Å²) in [7, 11) is -1.87. The second-order valence-electron chi connectivity index (χ2n) is 6.73. The summed E-state index contributed by atoms with van der Waals surface area (Å²) in [5, 5.41) is 0.824. The fraction of sp³-hybridized carbons (Fsp3) is 0.286. The number of sulfonamides is 1. The van der Waals surface area contributed by atoms with Gasteiger partial charge in [0, 0.05) is 37.3 Å². The number of hydrogen-bond donors (Lipinski definition) is 0. The maximum atomic E-state index is 12.9. The van der Waals surface area contributed by atoms with E-state index in [-0.39, 0.29) is 0 Å². The smallest absolute Gasteiger partial charge is 0.243 e. The van der Waals surface area contributed by atoms with Crippen LogP contribution in [0.1, 0.15) is 5.56 Å². The first kappa shape index (κ1) is 20.9. The Morgan fingerprint density at radius 2 is 1.93 bits per heavy atom. The standard InChI is InChI=1S/C21H23N3O4S2/c1-27-19-6-3-5-18(15-19)24-9-8-22-21(24)29-16-17-4-2-7-20(14-17)30(25,26)23-10-12-28-13-11-23/h2-9,14-15H,10-13,16H2,1H3. The highest BCUT2D eigenvalue weighted by Crippen LogP contribution is 2.27. The monoisotopic (exact) mass is 445 g/mol. The zero-order valence-electron chi connectivity index (χ0n) is 16.6. The molecule has 0 spiro atoms. The molecule has 9 heteroatoms. The lowest BCUT2D eigenvalue weighted by molar-refractivity contribution is 0.0730. The van der Waals surface area contributed by atoms with Crippen LogP contribution in [0.25, 0.3) is 5.69 Å². The van der Waals surface area contributed by atoms with Gasteiger partial charge in [-0.3, -0.25) is 4.57 Å². The average molecular weight is 446 g/mol. The summed E-state index contributed by atoms with van der Waals surface area (Å²) >= 11 is 1.55. The van der Waals surface area contributed by atoms with Crippen molar-refractivity contribution in [2.45, 2.75) is 15.8 Å². The topological polar surface area (TPSA) is 73.7 Å². The molecule has 0 aliphatic carbocycles. The van der Waals surface area contributed by atoms with E-state index in [4.69, 9.17) is 9.47 Å². The Hall–Kier alpha value is -2.33. The number of methoxy groups -OCH3 is 1. The Bertz CT molecular complexity index is 1110. The average Bonchev–Trinajstić information content (AvgIpc) is 3.27. The third-order valence-electron chi connectivity index (χ3n) is 4.81. The van der Waals surface area contributed by atoms with Gasteiger partial charge in [-0.1, -0.05) is 30.0 Å². The lowest BCUT2D eigenvalue weighted by Crippen LogP contribution is -2.40. The van der Waals surface area contributed by atoms with Crippen LogP contribution in [0, 0.1) is 0 Å². The molecule has 0 saturated carbocycles. The summed E-state index contributed by atoms with van der Waals surface area (Å²) < 4.78 is 39.9. The fourth-order valence-electron chi connectivity index (χ4n) is 3.23. The molecule has 0 amide bonds. The van der Waals surface area contributed by atoms with Crippen LogP contribution < -0.4 is 4.74 Å². The number of rotatable bonds is 7. The summed E-state index contributed by atoms with van der Waals surface area (Å²) in [5.74, 6) is 1.38. The number of aromatic nitrogens is 2. The molecule has 0 N–H and O–H groups in total. The van der Waals surface area contributed by atoms with E-state index in [1.807, 2.05) is 41.1 Å². The molecule has 1 aromatic heterocycles. The zero-order valence-corrected chi connectivity index (χ0v) is 18.2. The van der Waals surface area contributed by atoms with Gasteiger partial charge in [0.1, 0.15) is 5.75 Å². The van der Waals surface area contributed by atoms with E-state index >= 15 is 0 Å². The minimum Gasteiger partial charge on any atom is -0.497 e. The van der Waals surface area contributed by atoms with Gasteiger partial charge in [-0.15, -0.1) is 0 Å². The van der Waals surface area contributed by atoms with E-state index in [1.165, 1.54) is 4.31 Å². The highest BCUT2D eigenvalue weighted by atomic mass is 32.2. The van der Waals surface area contributed by atoms with Crippen molar-refractivity contribution in [3.8, 4) is 11.4 Å². The number of hydrogen-bond acceptors (Lipinski definition) is 6. The number of nitrogens with zero attached hydrogens (tertiary/aromatic N) is 3. The number of thioether (sulfide) groups is 1. The van der Waals surface area contributed by atoms with Gasteiger partial charge in [0.2, 0.25) is 10.0 Å². The quantitative estimate of drug-likeness (QED) is 0.520. The van der Waals surface area contributed by atoms with Crippen molar-refractivity contribution < 1.29 is 17.9 Å². The van der Waals surface area contributed by atoms with Crippen LogP contribution in [0.3, 0.4) is 0 Å². The minimum absolute atomic E-state index is 0.318. The molecular formula is C21H23N3O4S2. The molecule has 0 atom stereocenters. The molecule has 158 valence electrons. The van der Waals surface area contributed by atoms with E-state index in [9.17, 15) is 8.42 Å². The van der Waals surface area contributed by atoms with Gasteiger partial charge < -0.3 is 9.47 Å². The predicted octanol–water partition coefficient (Wildman–Crippen LogP) is 3.19. The summed E-state index contributed by atoms with van der Waals surface area (Å²) in [4.78, 5) is 4.77. The second kappa shape index (κ2) is 9.22. The van der Waals surface area contributed by atoms with E-state index in [0.29, 0.717) is 37.0 Å². The van der Waals surface area contributed by atoms with Gasteiger partial charge in [-0.2, -0.15) is 4.31 Å². The first-order valence-corrected chi connectivity index (χ1v) is 12.0. The van der Waals surface area contributed by atoms with Crippen LogP contribution in [0.15, 0.2) is 71.0 Å². The van der Waals surface area contributed by atoms with Crippen LogP contribution >= 0.6 is 11.8 Å². The van der Waals surface area contributed by atoms with Gasteiger partial charge in [-0.05, 0) is 29.8 Å². The van der Waals surface area contributed by atoms with Crippen molar-refractivity contribution in [2.24, 2.45) is 0 Å². The Balaban J connectivity index is 1.50. The van der Waals surface area contributed by atoms with Crippen molar-refractivity contribution in [3.05, 3.63) is 66.5 Å². The Kier molecular flexibility index (Phi) is 6.43. The Morgan fingerprint density at radius 3 is 2.73 bits per heavy atom. The number of morpholine rings is 1. The van der Waals surface area contributed by atoms with Crippen molar-refractivity contribution in [2.75, 3.05) is 33.4 Å². The van der Waals surface area contributed by atoms with Gasteiger partial charge >= 0.3 is 0 Å². The summed E-state index contributed by atoms with van der Waals surface area (Å²) in [5.41, 5.74) is 1.88. The van der Waals surface area contributed by atoms with Crippen LogP contribution in [0.2, 0.25) is 0 Å². The van der Waals surface area contributed by atoms with Gasteiger partial charge in [0.05, 0.1) is 30.9 Å². The van der Waals surface area contributed by atoms with E-state index in [1.54, 1.807) is 43.3 Å². The van der Waals surface area contributed by atoms with E-state index < -0.39 is 10.0 Å². The lowest BCUT2D eigenvalue weighted by Gasteiger charge is -2.26. The molecule has 1 aliphatic heterocycles. The number of ether oxygens (including phenoxy) is 2. The highest BCUT2D eigenvalue weighted by Gasteiger charge is 2.26. The molecule has 30 heavy (non-hydrogen) atoms. The molecule has 7 nitrogen and oxygen atoms in total. The van der Waals surface area contributed by atoms with Crippen LogP contribution in [-0.4, -0.2) is 55.7 Å². The molecule has 1 aliphatic rings. The van der Waals surface area contributed by atoms with Crippen molar-refractivity contribution in [1.29, 1.82) is 0 Å². The Labute approximate surface area is 180 Å². The van der Waals surface area contributed by atoms with Crippen molar-refractivity contribution in [1.82, 2.24) is 13.9 Å². The number of imidazole rings is 1. The summed E-state index contributed by atoms with van der Waals surface area (Å²) in [6.07, 6.45) is 3.65. The molecule has 0 bridgehead atoms. The minimum atomic E-state index is -3.51. The molecule has 2 aromatic carbocycles. The summed E-state index contributed by atoms with van der Waals surface area (Å²) in [6.45, 7) is 1.64. The Morgan fingerprint density at radius 1 is 1.13 bits per heavy atom. The lowest BCUT2D eigenvalue weighted by atomic mass is 10.2. The molecule has 4 rings (SSSR count). The second-order valence-corrected chi connectivity index (χ2v) is 9.61. The largest absolute Gasteiger partial charge is 0.497 e. The van der Waals surface area contributed by atoms with Crippen LogP contribution in [-0.2, 0) is 20.5 Å². The SMILES string of the molecule is COc1cccc(-n2ccnc2SCc2cccc(S(=O)(=O)N3CCOCC3)c2)c1. The molecular weight excluding hydrogens is 422 g/mol. The first-order valence-electron chi connectivity index (χ1n) is 9.55. The van der Waals surface area contributed by atoms with Crippen molar-refractivity contribution >= 4 is 21.8 Å². The zero-order chi connectivity index (χ0) is 21.0. The van der Waals surface area contributed by atoms with Crippen LogP contribution in [0.5, 0.6) is 5.75 Å². The third kappa shape index (κ3) is 4.54. The highest BCUT2D eigenvalue weighted by molar-refractivity contribution is 7.98. The van der Waals surface area contributed by atoms with Gasteiger partial charge in [0.15, 0.2) is 5.16 Å². The summed E-state index contributed by atoms with van der Waals surface area (Å²) in [6, 6.07) is 14.9. The molecule has 0 radical (unpaired) electrons. The predicted molar refractivity (Wildman–Crippen MR) is 116 cm³/mol. The molecule has 1 fully saturated rings. The van der Waals surface area contributed by atoms with Gasteiger partial charge in [0.25, 0.3) is 0 Å². The molecule has 2 heterocycles. The fourth-order valence-corrected chi connectivity index (χ4v) is 5.63.